The Morgan fingerprint density at radius 3 is 1.08 bits per heavy atom. The summed E-state index contributed by atoms with van der Waals surface area (Å²) >= 11 is 0. The Balaban J connectivity index is 1.87. The third-order valence-electron chi connectivity index (χ3n) is 19.2. The average molecular weight is 1300 g/mol. The van der Waals surface area contributed by atoms with Gasteiger partial charge in [-0.1, -0.05) is 359 Å². The molecule has 0 bridgehead atoms. The van der Waals surface area contributed by atoms with Gasteiger partial charge in [0.25, 0.3) is 0 Å². The van der Waals surface area contributed by atoms with Crippen molar-refractivity contribution in [2.24, 2.45) is 0 Å². The number of rotatable bonds is 72. The van der Waals surface area contributed by atoms with Crippen molar-refractivity contribution in [3.05, 3.63) is 36.5 Å². The number of ether oxygens (including phenoxy) is 3. The number of esters is 1. The van der Waals surface area contributed by atoms with Crippen molar-refractivity contribution in [1.82, 2.24) is 5.32 Å². The first kappa shape index (κ1) is 87.9. The Kier molecular flexibility index (Phi) is 67.1. The zero-order valence-electron chi connectivity index (χ0n) is 60.5. The second-order valence-corrected chi connectivity index (χ2v) is 28.1. The molecule has 92 heavy (non-hydrogen) atoms. The highest BCUT2D eigenvalue weighted by Gasteiger charge is 2.44. The van der Waals surface area contributed by atoms with Crippen LogP contribution in [0.4, 0.5) is 0 Å². The standard InChI is InChI=1S/C81H153NO10/c1-3-5-7-9-11-13-15-16-45-49-53-57-61-65-69-77(86)90-70-66-62-58-54-50-46-43-41-39-37-35-33-31-29-27-25-23-21-19-17-18-20-22-24-26-28-30-32-34-36-38-40-42-44-48-52-56-60-64-68-76(85)82-73(72-91-81-80(89)79(88)78(87)75(71-83)92-81)74(84)67-63-59-55-51-47-14-12-10-8-6-4-2/h17-18,47,51,63,67,73-75,78-81,83-84,87-89H,3-16,19-46,48-50,52-62,64-66,68-72H2,1-2H3,(H,82,85)/b18-17-,51-47+,67-63+. The van der Waals surface area contributed by atoms with Crippen molar-refractivity contribution < 1.29 is 49.3 Å². The van der Waals surface area contributed by atoms with Crippen molar-refractivity contribution in [1.29, 1.82) is 0 Å². The fraction of sp³-hybridized carbons (Fsp3) is 0.901. The fourth-order valence-electron chi connectivity index (χ4n) is 12.9. The lowest BCUT2D eigenvalue weighted by Gasteiger charge is -2.40. The van der Waals surface area contributed by atoms with Crippen LogP contribution < -0.4 is 5.32 Å². The number of hydrogen-bond donors (Lipinski definition) is 6. The van der Waals surface area contributed by atoms with Crippen LogP contribution in [0.2, 0.25) is 0 Å². The summed E-state index contributed by atoms with van der Waals surface area (Å²) in [5, 5.41) is 54.4. The maximum Gasteiger partial charge on any atom is 0.305 e. The van der Waals surface area contributed by atoms with Gasteiger partial charge in [0.15, 0.2) is 6.29 Å². The van der Waals surface area contributed by atoms with Crippen LogP contribution in [0.15, 0.2) is 36.5 Å². The Hall–Kier alpha value is -2.12. The molecule has 0 saturated carbocycles. The number of aliphatic hydroxyl groups is 5. The zero-order valence-corrected chi connectivity index (χ0v) is 60.5. The minimum Gasteiger partial charge on any atom is -0.466 e. The molecule has 0 aromatic rings. The highest BCUT2D eigenvalue weighted by Crippen LogP contribution is 2.24. The average Bonchev–Trinajstić information content (AvgIpc) is 1.22. The van der Waals surface area contributed by atoms with Gasteiger partial charge in [0, 0.05) is 12.8 Å². The quantitative estimate of drug-likeness (QED) is 0.0195. The second-order valence-electron chi connectivity index (χ2n) is 28.1. The van der Waals surface area contributed by atoms with E-state index in [0.717, 1.165) is 51.4 Å². The first-order chi connectivity index (χ1) is 45.2. The van der Waals surface area contributed by atoms with E-state index in [1.165, 1.54) is 327 Å². The lowest BCUT2D eigenvalue weighted by atomic mass is 9.99. The van der Waals surface area contributed by atoms with Crippen LogP contribution in [0.25, 0.3) is 0 Å². The van der Waals surface area contributed by atoms with E-state index in [-0.39, 0.29) is 18.5 Å². The number of nitrogens with one attached hydrogen (secondary N) is 1. The third kappa shape index (κ3) is 58.1. The SMILES string of the molecule is CCCCCCC/C=C/CC/C=C/C(O)C(COC1OC(CO)C(O)C(O)C1O)NC(=O)CCCCCCCCCCCCCCCCCCC/C=C\CCCCCCCCCCCCCCCCCCCCOC(=O)CCCCCCCCCCCCCCCC. The topological polar surface area (TPSA) is 175 Å². The van der Waals surface area contributed by atoms with Crippen molar-refractivity contribution in [3.8, 4) is 0 Å². The first-order valence-corrected chi connectivity index (χ1v) is 40.3. The van der Waals surface area contributed by atoms with Gasteiger partial charge in [-0.2, -0.15) is 0 Å². The summed E-state index contributed by atoms with van der Waals surface area (Å²) in [6.07, 6.45) is 82.0. The highest BCUT2D eigenvalue weighted by atomic mass is 16.7. The number of allylic oxidation sites excluding steroid dienone is 5. The Morgan fingerprint density at radius 2 is 0.707 bits per heavy atom. The van der Waals surface area contributed by atoms with Gasteiger partial charge in [-0.15, -0.1) is 0 Å². The molecule has 0 spiro atoms. The Morgan fingerprint density at radius 1 is 0.391 bits per heavy atom. The Bertz CT molecular complexity index is 1620. The molecule has 542 valence electrons. The van der Waals surface area contributed by atoms with Gasteiger partial charge in [-0.05, 0) is 70.6 Å². The second kappa shape index (κ2) is 70.2. The lowest BCUT2D eigenvalue weighted by molar-refractivity contribution is -0.302. The molecule has 1 amide bonds. The minimum absolute atomic E-state index is 0.0195. The molecule has 6 N–H and O–H groups in total. The van der Waals surface area contributed by atoms with Gasteiger partial charge in [0.05, 0.1) is 32.0 Å². The number of unbranched alkanes of at least 4 members (excludes halogenated alkanes) is 54. The van der Waals surface area contributed by atoms with Crippen LogP contribution in [-0.2, 0) is 23.8 Å². The molecule has 11 nitrogen and oxygen atoms in total. The molecule has 1 aliphatic heterocycles. The molecular weight excluding hydrogens is 1150 g/mol. The van der Waals surface area contributed by atoms with Crippen molar-refractivity contribution in [3.63, 3.8) is 0 Å². The van der Waals surface area contributed by atoms with Crippen LogP contribution in [0.1, 0.15) is 406 Å². The van der Waals surface area contributed by atoms with Crippen molar-refractivity contribution in [2.75, 3.05) is 19.8 Å². The van der Waals surface area contributed by atoms with E-state index < -0.39 is 49.5 Å². The van der Waals surface area contributed by atoms with Crippen LogP contribution in [0, 0.1) is 0 Å². The van der Waals surface area contributed by atoms with E-state index in [9.17, 15) is 35.1 Å². The summed E-state index contributed by atoms with van der Waals surface area (Å²) in [4.78, 5) is 25.1. The van der Waals surface area contributed by atoms with Crippen LogP contribution in [-0.4, -0.2) is 100 Å². The molecular formula is C81H153NO10. The smallest absolute Gasteiger partial charge is 0.305 e. The van der Waals surface area contributed by atoms with Gasteiger partial charge in [-0.3, -0.25) is 9.59 Å². The predicted molar refractivity (Wildman–Crippen MR) is 389 cm³/mol. The van der Waals surface area contributed by atoms with Crippen LogP contribution in [0.3, 0.4) is 0 Å². The van der Waals surface area contributed by atoms with Crippen LogP contribution in [0.5, 0.6) is 0 Å². The summed E-state index contributed by atoms with van der Waals surface area (Å²) in [6, 6.07) is -0.824. The number of aliphatic hydroxyl groups excluding tert-OH is 5. The molecule has 1 heterocycles. The molecule has 1 saturated heterocycles. The van der Waals surface area contributed by atoms with E-state index in [0.29, 0.717) is 19.4 Å². The van der Waals surface area contributed by atoms with Gasteiger partial charge in [-0.25, -0.2) is 0 Å². The summed E-state index contributed by atoms with van der Waals surface area (Å²) < 4.78 is 16.7. The van der Waals surface area contributed by atoms with Gasteiger partial charge in [0.2, 0.25) is 5.91 Å². The molecule has 0 aliphatic carbocycles. The van der Waals surface area contributed by atoms with Gasteiger partial charge >= 0.3 is 5.97 Å². The maximum absolute atomic E-state index is 13.1. The van der Waals surface area contributed by atoms with Crippen LogP contribution >= 0.6 is 0 Å². The predicted octanol–water partition coefficient (Wildman–Crippen LogP) is 21.7. The summed E-state index contributed by atoms with van der Waals surface area (Å²) in [7, 11) is 0. The molecule has 0 aromatic carbocycles. The molecule has 11 heteroatoms. The fourth-order valence-corrected chi connectivity index (χ4v) is 12.9. The lowest BCUT2D eigenvalue weighted by Crippen LogP contribution is -2.60. The van der Waals surface area contributed by atoms with Crippen molar-refractivity contribution >= 4 is 11.9 Å². The monoisotopic (exact) mass is 1300 g/mol. The van der Waals surface area contributed by atoms with E-state index in [1.54, 1.807) is 6.08 Å². The molecule has 1 fully saturated rings. The minimum atomic E-state index is -1.57. The number of carbonyl (C=O) groups is 2. The van der Waals surface area contributed by atoms with E-state index in [4.69, 9.17) is 14.2 Å². The zero-order chi connectivity index (χ0) is 66.5. The number of hydrogen-bond acceptors (Lipinski definition) is 10. The normalized spacial score (nSPS) is 17.7. The van der Waals surface area contributed by atoms with E-state index in [2.05, 4.69) is 43.5 Å². The summed E-state index contributed by atoms with van der Waals surface area (Å²) in [6.45, 7) is 4.36. The van der Waals surface area contributed by atoms with Gasteiger partial charge < -0.3 is 45.1 Å². The molecule has 7 atom stereocenters. The van der Waals surface area contributed by atoms with Crippen molar-refractivity contribution in [2.45, 2.75) is 448 Å². The third-order valence-corrected chi connectivity index (χ3v) is 19.2. The largest absolute Gasteiger partial charge is 0.466 e. The molecule has 0 aromatic heterocycles. The van der Waals surface area contributed by atoms with E-state index >= 15 is 0 Å². The molecule has 0 radical (unpaired) electrons. The molecule has 7 unspecified atom stereocenters. The number of carbonyl (C=O) groups excluding carboxylic acids is 2. The molecule has 1 rings (SSSR count). The highest BCUT2D eigenvalue weighted by molar-refractivity contribution is 5.76. The van der Waals surface area contributed by atoms with E-state index in [1.807, 2.05) is 6.08 Å². The number of amides is 1. The molecule has 1 aliphatic rings. The Labute approximate surface area is 568 Å². The van der Waals surface area contributed by atoms with Gasteiger partial charge in [0.1, 0.15) is 24.4 Å². The maximum atomic E-state index is 13.1. The summed E-state index contributed by atoms with van der Waals surface area (Å²) in [5.41, 5.74) is 0. The first-order valence-electron chi connectivity index (χ1n) is 40.3. The summed E-state index contributed by atoms with van der Waals surface area (Å²) in [5.74, 6) is -0.167.